The number of benzene rings is 1. The van der Waals surface area contributed by atoms with E-state index in [1.54, 1.807) is 0 Å². The molecule has 0 atom stereocenters. The molecule has 0 amide bonds. The zero-order chi connectivity index (χ0) is 14.4. The average molecular weight is 271 g/mol. The van der Waals surface area contributed by atoms with E-state index in [2.05, 4.69) is 22.3 Å². The van der Waals surface area contributed by atoms with E-state index in [4.69, 9.17) is 5.73 Å². The van der Waals surface area contributed by atoms with Gasteiger partial charge in [0.15, 0.2) is 5.96 Å². The molecular formula is C15H21N5. The van der Waals surface area contributed by atoms with E-state index < -0.39 is 0 Å². The van der Waals surface area contributed by atoms with Crippen LogP contribution in [0.25, 0.3) is 5.69 Å². The minimum Gasteiger partial charge on any atom is -0.370 e. The molecule has 1 heterocycles. The maximum atomic E-state index is 5.79. The van der Waals surface area contributed by atoms with Crippen molar-refractivity contribution in [1.29, 1.82) is 0 Å². The highest BCUT2D eigenvalue weighted by atomic mass is 15.3. The number of nitrogens with zero attached hydrogens (tertiary/aromatic N) is 3. The second-order valence-corrected chi connectivity index (χ2v) is 4.65. The number of para-hydroxylation sites is 1. The van der Waals surface area contributed by atoms with Gasteiger partial charge in [-0.2, -0.15) is 5.10 Å². The summed E-state index contributed by atoms with van der Waals surface area (Å²) in [4.78, 5) is 4.33. The van der Waals surface area contributed by atoms with Gasteiger partial charge in [-0.05, 0) is 25.5 Å². The number of nitrogens with one attached hydrogen (secondary N) is 1. The molecule has 0 fully saturated rings. The van der Waals surface area contributed by atoms with Gasteiger partial charge in [-0.3, -0.25) is 0 Å². The topological polar surface area (TPSA) is 68.2 Å². The summed E-state index contributed by atoms with van der Waals surface area (Å²) >= 11 is 0. The summed E-state index contributed by atoms with van der Waals surface area (Å²) in [6, 6.07) is 10.0. The van der Waals surface area contributed by atoms with Gasteiger partial charge in [-0.1, -0.05) is 25.1 Å². The molecule has 0 radical (unpaired) electrons. The molecule has 5 heteroatoms. The minimum atomic E-state index is 0.485. The molecule has 2 aromatic rings. The first-order valence-electron chi connectivity index (χ1n) is 6.85. The smallest absolute Gasteiger partial charge is 0.188 e. The molecule has 20 heavy (non-hydrogen) atoms. The number of aromatic nitrogens is 2. The van der Waals surface area contributed by atoms with Gasteiger partial charge in [0.25, 0.3) is 0 Å². The Hall–Kier alpha value is -2.30. The Morgan fingerprint density at radius 1 is 1.35 bits per heavy atom. The van der Waals surface area contributed by atoms with E-state index in [0.29, 0.717) is 12.5 Å². The molecular weight excluding hydrogens is 250 g/mol. The first-order valence-corrected chi connectivity index (χ1v) is 6.85. The molecule has 0 aliphatic heterocycles. The SMILES string of the molecule is CCCNC(N)=NCc1cn(-c2ccccc2)nc1C. The predicted octanol–water partition coefficient (Wildman–Crippen LogP) is 2.00. The summed E-state index contributed by atoms with van der Waals surface area (Å²) in [6.07, 6.45) is 3.03. The van der Waals surface area contributed by atoms with Crippen LogP contribution in [0.5, 0.6) is 0 Å². The summed E-state index contributed by atoms with van der Waals surface area (Å²) < 4.78 is 1.87. The highest BCUT2D eigenvalue weighted by molar-refractivity contribution is 5.77. The van der Waals surface area contributed by atoms with Gasteiger partial charge >= 0.3 is 0 Å². The molecule has 0 saturated carbocycles. The minimum absolute atomic E-state index is 0.485. The van der Waals surface area contributed by atoms with Crippen LogP contribution in [0.15, 0.2) is 41.5 Å². The lowest BCUT2D eigenvalue weighted by Gasteiger charge is -2.02. The number of guanidine groups is 1. The van der Waals surface area contributed by atoms with Crippen LogP contribution in [0, 0.1) is 6.92 Å². The summed E-state index contributed by atoms with van der Waals surface area (Å²) in [7, 11) is 0. The fourth-order valence-corrected chi connectivity index (χ4v) is 1.84. The molecule has 0 spiro atoms. The van der Waals surface area contributed by atoms with Crippen molar-refractivity contribution in [2.24, 2.45) is 10.7 Å². The Morgan fingerprint density at radius 3 is 2.80 bits per heavy atom. The summed E-state index contributed by atoms with van der Waals surface area (Å²) in [5.74, 6) is 0.485. The Kier molecular flexibility index (Phi) is 4.76. The number of hydrogen-bond donors (Lipinski definition) is 2. The van der Waals surface area contributed by atoms with Crippen molar-refractivity contribution in [1.82, 2.24) is 15.1 Å². The normalized spacial score (nSPS) is 11.6. The molecule has 0 bridgehead atoms. The molecule has 2 rings (SSSR count). The quantitative estimate of drug-likeness (QED) is 0.645. The molecule has 0 aliphatic rings. The first-order chi connectivity index (χ1) is 9.70. The Bertz CT molecular complexity index is 571. The van der Waals surface area contributed by atoms with Gasteiger partial charge in [0.2, 0.25) is 0 Å². The second-order valence-electron chi connectivity index (χ2n) is 4.65. The van der Waals surface area contributed by atoms with Crippen molar-refractivity contribution < 1.29 is 0 Å². The van der Waals surface area contributed by atoms with Crippen molar-refractivity contribution in [3.63, 3.8) is 0 Å². The molecule has 0 saturated heterocycles. The maximum Gasteiger partial charge on any atom is 0.188 e. The third-order valence-electron chi connectivity index (χ3n) is 3.00. The van der Waals surface area contributed by atoms with Crippen LogP contribution in [0.1, 0.15) is 24.6 Å². The van der Waals surface area contributed by atoms with E-state index >= 15 is 0 Å². The zero-order valence-electron chi connectivity index (χ0n) is 12.0. The van der Waals surface area contributed by atoms with Crippen LogP contribution in [0.3, 0.4) is 0 Å². The van der Waals surface area contributed by atoms with Crippen molar-refractivity contribution in [2.45, 2.75) is 26.8 Å². The van der Waals surface area contributed by atoms with Gasteiger partial charge in [-0.15, -0.1) is 0 Å². The summed E-state index contributed by atoms with van der Waals surface area (Å²) in [5.41, 5.74) is 8.88. The highest BCUT2D eigenvalue weighted by Crippen LogP contribution is 2.12. The zero-order valence-corrected chi connectivity index (χ0v) is 12.0. The number of aryl methyl sites for hydroxylation is 1. The molecule has 1 aromatic carbocycles. The molecule has 0 aliphatic carbocycles. The molecule has 0 unspecified atom stereocenters. The van der Waals surface area contributed by atoms with Crippen LogP contribution < -0.4 is 11.1 Å². The Labute approximate surface area is 119 Å². The monoisotopic (exact) mass is 271 g/mol. The van der Waals surface area contributed by atoms with Gasteiger partial charge in [0.1, 0.15) is 0 Å². The van der Waals surface area contributed by atoms with Crippen LogP contribution in [0.2, 0.25) is 0 Å². The third-order valence-corrected chi connectivity index (χ3v) is 3.00. The fraction of sp³-hybridized carbons (Fsp3) is 0.333. The van der Waals surface area contributed by atoms with Crippen molar-refractivity contribution in [3.8, 4) is 5.69 Å². The lowest BCUT2D eigenvalue weighted by molar-refractivity contribution is 0.825. The van der Waals surface area contributed by atoms with E-state index in [9.17, 15) is 0 Å². The maximum absolute atomic E-state index is 5.79. The van der Waals surface area contributed by atoms with Crippen molar-refractivity contribution in [2.75, 3.05) is 6.54 Å². The second kappa shape index (κ2) is 6.75. The summed E-state index contributed by atoms with van der Waals surface area (Å²) in [6.45, 7) is 5.47. The Morgan fingerprint density at radius 2 is 2.10 bits per heavy atom. The van der Waals surface area contributed by atoms with Gasteiger partial charge in [0.05, 0.1) is 17.9 Å². The van der Waals surface area contributed by atoms with E-state index in [-0.39, 0.29) is 0 Å². The number of rotatable bonds is 5. The standard InChI is InChI=1S/C15H21N5/c1-3-9-17-15(16)18-10-13-11-20(19-12(13)2)14-7-5-4-6-8-14/h4-8,11H,3,9-10H2,1-2H3,(H3,16,17,18). The highest BCUT2D eigenvalue weighted by Gasteiger charge is 2.05. The van der Waals surface area contributed by atoms with Crippen LogP contribution in [0.4, 0.5) is 0 Å². The number of nitrogens with two attached hydrogens (primary N) is 1. The van der Waals surface area contributed by atoms with Crippen molar-refractivity contribution >= 4 is 5.96 Å². The average Bonchev–Trinajstić information content (AvgIpc) is 2.85. The predicted molar refractivity (Wildman–Crippen MR) is 81.9 cm³/mol. The fourth-order valence-electron chi connectivity index (χ4n) is 1.84. The third kappa shape index (κ3) is 3.60. The summed E-state index contributed by atoms with van der Waals surface area (Å²) in [5, 5.41) is 7.57. The van der Waals surface area contributed by atoms with Gasteiger partial charge in [0, 0.05) is 18.3 Å². The van der Waals surface area contributed by atoms with Gasteiger partial charge < -0.3 is 11.1 Å². The van der Waals surface area contributed by atoms with Crippen LogP contribution in [-0.2, 0) is 6.54 Å². The number of hydrogen-bond acceptors (Lipinski definition) is 2. The first kappa shape index (κ1) is 14.1. The van der Waals surface area contributed by atoms with Crippen LogP contribution in [-0.4, -0.2) is 22.3 Å². The molecule has 5 nitrogen and oxygen atoms in total. The van der Waals surface area contributed by atoms with E-state index in [1.165, 1.54) is 0 Å². The lowest BCUT2D eigenvalue weighted by atomic mass is 10.3. The van der Waals surface area contributed by atoms with Gasteiger partial charge in [-0.25, -0.2) is 9.67 Å². The number of aliphatic imine (C=N–C) groups is 1. The Balaban J connectivity index is 2.09. The lowest BCUT2D eigenvalue weighted by Crippen LogP contribution is -2.32. The van der Waals surface area contributed by atoms with Crippen molar-refractivity contribution in [3.05, 3.63) is 47.8 Å². The molecule has 1 aromatic heterocycles. The van der Waals surface area contributed by atoms with Crippen LogP contribution >= 0.6 is 0 Å². The molecule has 3 N–H and O–H groups in total. The van der Waals surface area contributed by atoms with E-state index in [1.807, 2.05) is 48.1 Å². The van der Waals surface area contributed by atoms with E-state index in [0.717, 1.165) is 29.9 Å². The largest absolute Gasteiger partial charge is 0.370 e. The molecule has 106 valence electrons.